The Bertz CT molecular complexity index is 924. The first-order valence-electron chi connectivity index (χ1n) is 7.06. The van der Waals surface area contributed by atoms with Crippen LogP contribution in [0.5, 0.6) is 0 Å². The zero-order valence-corrected chi connectivity index (χ0v) is 11.8. The Kier molecular flexibility index (Phi) is 2.86. The van der Waals surface area contributed by atoms with Gasteiger partial charge in [0.1, 0.15) is 11.5 Å². The lowest BCUT2D eigenvalue weighted by atomic mass is 10.1. The van der Waals surface area contributed by atoms with Gasteiger partial charge in [0.2, 0.25) is 0 Å². The molecule has 0 unspecified atom stereocenters. The summed E-state index contributed by atoms with van der Waals surface area (Å²) in [5.41, 5.74) is 10.7. The molecule has 1 aromatic carbocycles. The minimum absolute atomic E-state index is 0.513. The Labute approximate surface area is 127 Å². The number of anilines is 1. The summed E-state index contributed by atoms with van der Waals surface area (Å²) in [5, 5.41) is 0. The van der Waals surface area contributed by atoms with Gasteiger partial charge in [-0.2, -0.15) is 0 Å². The van der Waals surface area contributed by atoms with Crippen LogP contribution in [0.15, 0.2) is 73.2 Å². The quantitative estimate of drug-likeness (QED) is 0.612. The number of hydrogen-bond acceptors (Lipinski definition) is 3. The SMILES string of the molecule is Nc1ccc(-c2cn3cc(-c4ccccc4)ccc3n2)cn1. The lowest BCUT2D eigenvalue weighted by Crippen LogP contribution is -1.88. The van der Waals surface area contributed by atoms with E-state index in [0.717, 1.165) is 22.5 Å². The van der Waals surface area contributed by atoms with Crippen molar-refractivity contribution in [3.8, 4) is 22.4 Å². The molecule has 3 heterocycles. The monoisotopic (exact) mass is 286 g/mol. The maximum Gasteiger partial charge on any atom is 0.137 e. The van der Waals surface area contributed by atoms with Crippen LogP contribution in [0.3, 0.4) is 0 Å². The van der Waals surface area contributed by atoms with Crippen molar-refractivity contribution in [1.29, 1.82) is 0 Å². The molecular formula is C18H14N4. The highest BCUT2D eigenvalue weighted by Crippen LogP contribution is 2.23. The molecule has 4 aromatic rings. The summed E-state index contributed by atoms with van der Waals surface area (Å²) in [6.45, 7) is 0. The second-order valence-corrected chi connectivity index (χ2v) is 5.15. The highest BCUT2D eigenvalue weighted by molar-refractivity contribution is 5.67. The molecule has 2 N–H and O–H groups in total. The summed E-state index contributed by atoms with van der Waals surface area (Å²) in [6, 6.07) is 18.1. The van der Waals surface area contributed by atoms with Crippen LogP contribution in [-0.2, 0) is 0 Å². The Hall–Kier alpha value is -3.14. The first-order valence-corrected chi connectivity index (χ1v) is 7.06. The minimum Gasteiger partial charge on any atom is -0.384 e. The molecule has 4 nitrogen and oxygen atoms in total. The van der Waals surface area contributed by atoms with Gasteiger partial charge in [0.15, 0.2) is 0 Å². The number of pyridine rings is 2. The van der Waals surface area contributed by atoms with Crippen molar-refractivity contribution in [2.45, 2.75) is 0 Å². The zero-order valence-electron chi connectivity index (χ0n) is 11.8. The van der Waals surface area contributed by atoms with E-state index in [4.69, 9.17) is 5.73 Å². The van der Waals surface area contributed by atoms with E-state index in [-0.39, 0.29) is 0 Å². The van der Waals surface area contributed by atoms with Crippen LogP contribution in [0.1, 0.15) is 0 Å². The van der Waals surface area contributed by atoms with Gasteiger partial charge in [-0.3, -0.25) is 0 Å². The van der Waals surface area contributed by atoms with Gasteiger partial charge in [-0.05, 0) is 35.4 Å². The van der Waals surface area contributed by atoms with Gasteiger partial charge in [0, 0.05) is 24.2 Å². The molecule has 0 aliphatic carbocycles. The number of nitrogens with two attached hydrogens (primary N) is 1. The molecule has 0 atom stereocenters. The molecule has 3 aromatic heterocycles. The fraction of sp³-hybridized carbons (Fsp3) is 0. The Morgan fingerprint density at radius 3 is 2.36 bits per heavy atom. The minimum atomic E-state index is 0.513. The number of nitrogen functional groups attached to an aromatic ring is 1. The molecule has 4 heteroatoms. The van der Waals surface area contributed by atoms with E-state index in [1.54, 1.807) is 12.3 Å². The number of rotatable bonds is 2. The van der Waals surface area contributed by atoms with Gasteiger partial charge >= 0.3 is 0 Å². The van der Waals surface area contributed by atoms with Gasteiger partial charge in [-0.25, -0.2) is 9.97 Å². The smallest absolute Gasteiger partial charge is 0.137 e. The lowest BCUT2D eigenvalue weighted by Gasteiger charge is -2.01. The van der Waals surface area contributed by atoms with Crippen molar-refractivity contribution in [1.82, 2.24) is 14.4 Å². The van der Waals surface area contributed by atoms with Gasteiger partial charge in [0.05, 0.1) is 5.69 Å². The standard InChI is InChI=1S/C18H14N4/c19-17-8-6-14(10-20-17)16-12-22-11-15(7-9-18(22)21-16)13-4-2-1-3-5-13/h1-12H,(H2,19,20). The Morgan fingerprint density at radius 1 is 0.773 bits per heavy atom. The predicted molar refractivity (Wildman–Crippen MR) is 88.3 cm³/mol. The summed E-state index contributed by atoms with van der Waals surface area (Å²) < 4.78 is 2.04. The molecule has 4 rings (SSSR count). The second-order valence-electron chi connectivity index (χ2n) is 5.15. The van der Waals surface area contributed by atoms with Crippen LogP contribution >= 0.6 is 0 Å². The van der Waals surface area contributed by atoms with Crippen molar-refractivity contribution < 1.29 is 0 Å². The van der Waals surface area contributed by atoms with E-state index < -0.39 is 0 Å². The van der Waals surface area contributed by atoms with Crippen LogP contribution in [-0.4, -0.2) is 14.4 Å². The molecule has 22 heavy (non-hydrogen) atoms. The highest BCUT2D eigenvalue weighted by atomic mass is 15.0. The normalized spacial score (nSPS) is 10.9. The largest absolute Gasteiger partial charge is 0.384 e. The van der Waals surface area contributed by atoms with E-state index in [9.17, 15) is 0 Å². The van der Waals surface area contributed by atoms with Crippen molar-refractivity contribution >= 4 is 11.5 Å². The van der Waals surface area contributed by atoms with Crippen LogP contribution in [0.4, 0.5) is 5.82 Å². The van der Waals surface area contributed by atoms with Crippen LogP contribution in [0.2, 0.25) is 0 Å². The molecule has 0 spiro atoms. The Morgan fingerprint density at radius 2 is 1.59 bits per heavy atom. The average Bonchev–Trinajstić information content (AvgIpc) is 2.99. The third-order valence-electron chi connectivity index (χ3n) is 3.64. The first kappa shape index (κ1) is 12.6. The van der Waals surface area contributed by atoms with Crippen LogP contribution in [0.25, 0.3) is 28.0 Å². The first-order chi connectivity index (χ1) is 10.8. The molecule has 0 radical (unpaired) electrons. The Balaban J connectivity index is 1.80. The summed E-state index contributed by atoms with van der Waals surface area (Å²) >= 11 is 0. The summed E-state index contributed by atoms with van der Waals surface area (Å²) in [6.07, 6.45) is 5.84. The highest BCUT2D eigenvalue weighted by Gasteiger charge is 2.06. The third-order valence-corrected chi connectivity index (χ3v) is 3.64. The van der Waals surface area contributed by atoms with Gasteiger partial charge in [-0.1, -0.05) is 30.3 Å². The molecule has 0 saturated carbocycles. The molecule has 0 fully saturated rings. The van der Waals surface area contributed by atoms with E-state index in [0.29, 0.717) is 5.82 Å². The molecule has 0 aliphatic rings. The van der Waals surface area contributed by atoms with Crippen molar-refractivity contribution in [3.05, 3.63) is 73.2 Å². The van der Waals surface area contributed by atoms with Crippen molar-refractivity contribution in [3.63, 3.8) is 0 Å². The van der Waals surface area contributed by atoms with Crippen molar-refractivity contribution in [2.75, 3.05) is 5.73 Å². The fourth-order valence-corrected chi connectivity index (χ4v) is 2.49. The summed E-state index contributed by atoms with van der Waals surface area (Å²) in [4.78, 5) is 8.75. The topological polar surface area (TPSA) is 56.2 Å². The molecule has 0 saturated heterocycles. The summed E-state index contributed by atoms with van der Waals surface area (Å²) in [7, 11) is 0. The average molecular weight is 286 g/mol. The van der Waals surface area contributed by atoms with Gasteiger partial charge < -0.3 is 10.1 Å². The van der Waals surface area contributed by atoms with Gasteiger partial charge in [-0.15, -0.1) is 0 Å². The number of hydrogen-bond donors (Lipinski definition) is 1. The maximum absolute atomic E-state index is 5.63. The third kappa shape index (κ3) is 2.20. The van der Waals surface area contributed by atoms with Crippen LogP contribution in [0, 0.1) is 0 Å². The molecular weight excluding hydrogens is 272 g/mol. The maximum atomic E-state index is 5.63. The summed E-state index contributed by atoms with van der Waals surface area (Å²) in [5.74, 6) is 0.513. The number of imidazole rings is 1. The van der Waals surface area contributed by atoms with E-state index in [1.165, 1.54) is 5.56 Å². The van der Waals surface area contributed by atoms with Crippen LogP contribution < -0.4 is 5.73 Å². The zero-order chi connectivity index (χ0) is 14.9. The van der Waals surface area contributed by atoms with Crippen molar-refractivity contribution in [2.24, 2.45) is 0 Å². The fourth-order valence-electron chi connectivity index (χ4n) is 2.49. The number of aromatic nitrogens is 3. The molecule has 0 amide bonds. The van der Waals surface area contributed by atoms with Gasteiger partial charge in [0.25, 0.3) is 0 Å². The van der Waals surface area contributed by atoms with E-state index in [2.05, 4.69) is 34.4 Å². The molecule has 0 bridgehead atoms. The lowest BCUT2D eigenvalue weighted by molar-refractivity contribution is 1.19. The molecule has 0 aliphatic heterocycles. The van der Waals surface area contributed by atoms with E-state index in [1.807, 2.05) is 40.9 Å². The number of fused-ring (bicyclic) bond motifs is 1. The predicted octanol–water partition coefficient (Wildman–Crippen LogP) is 3.65. The van der Waals surface area contributed by atoms with E-state index >= 15 is 0 Å². The number of benzene rings is 1. The number of nitrogens with zero attached hydrogens (tertiary/aromatic N) is 3. The molecule has 106 valence electrons. The second kappa shape index (κ2) is 5.00.